The minimum absolute atomic E-state index is 0.400. The summed E-state index contributed by atoms with van der Waals surface area (Å²) in [5.41, 5.74) is -0.800. The predicted molar refractivity (Wildman–Crippen MR) is 80.0 cm³/mol. The van der Waals surface area contributed by atoms with Gasteiger partial charge in [0.15, 0.2) is 0 Å². The van der Waals surface area contributed by atoms with Gasteiger partial charge in [0.05, 0.1) is 6.10 Å². The number of rotatable bonds is 10. The first-order chi connectivity index (χ1) is 9.51. The summed E-state index contributed by atoms with van der Waals surface area (Å²) < 4.78 is 5.67. The van der Waals surface area contributed by atoms with Crippen molar-refractivity contribution in [2.75, 3.05) is 33.3 Å². The van der Waals surface area contributed by atoms with Crippen LogP contribution in [0.1, 0.15) is 46.0 Å². The molecule has 0 aromatic carbocycles. The first-order valence-electron chi connectivity index (χ1n) is 7.78. The van der Waals surface area contributed by atoms with Gasteiger partial charge in [0.2, 0.25) is 0 Å². The van der Waals surface area contributed by atoms with E-state index in [4.69, 9.17) is 4.74 Å². The normalized spacial score (nSPS) is 22.1. The highest BCUT2D eigenvalue weighted by atomic mass is 16.5. The molecule has 0 bridgehead atoms. The lowest BCUT2D eigenvalue weighted by Crippen LogP contribution is -2.47. The first-order valence-corrected chi connectivity index (χ1v) is 7.78. The molecule has 0 aliphatic carbocycles. The molecule has 0 aromatic heterocycles. The molecule has 2 unspecified atom stereocenters. The molecule has 2 atom stereocenters. The van der Waals surface area contributed by atoms with Crippen LogP contribution in [-0.2, 0) is 9.53 Å². The number of carboxylic acids is 1. The topological polar surface area (TPSA) is 61.8 Å². The monoisotopic (exact) mass is 286 g/mol. The zero-order chi connectivity index (χ0) is 15.0. The van der Waals surface area contributed by atoms with Gasteiger partial charge in [0.25, 0.3) is 0 Å². The van der Waals surface area contributed by atoms with Gasteiger partial charge < -0.3 is 20.1 Å². The van der Waals surface area contributed by atoms with Crippen LogP contribution >= 0.6 is 0 Å². The molecule has 0 amide bonds. The summed E-state index contributed by atoms with van der Waals surface area (Å²) in [4.78, 5) is 13.6. The summed E-state index contributed by atoms with van der Waals surface area (Å²) >= 11 is 0. The van der Waals surface area contributed by atoms with Crippen LogP contribution < -0.4 is 5.32 Å². The van der Waals surface area contributed by atoms with E-state index in [1.165, 1.54) is 12.8 Å². The summed E-state index contributed by atoms with van der Waals surface area (Å²) in [6, 6.07) is 0. The quantitative estimate of drug-likeness (QED) is 0.599. The lowest BCUT2D eigenvalue weighted by molar-refractivity contribution is -0.144. The van der Waals surface area contributed by atoms with Gasteiger partial charge in [-0.05, 0) is 59.2 Å². The zero-order valence-corrected chi connectivity index (χ0v) is 13.2. The minimum Gasteiger partial charge on any atom is -0.480 e. The number of aliphatic carboxylic acids is 1. The van der Waals surface area contributed by atoms with Gasteiger partial charge in [0, 0.05) is 13.2 Å². The number of nitrogens with one attached hydrogen (secondary N) is 1. The molecular formula is C15H30N2O3. The molecular weight excluding hydrogens is 256 g/mol. The van der Waals surface area contributed by atoms with Crippen LogP contribution in [0.3, 0.4) is 0 Å². The molecule has 0 saturated carbocycles. The first kappa shape index (κ1) is 17.4. The van der Waals surface area contributed by atoms with Crippen LogP contribution in [0, 0.1) is 0 Å². The molecule has 1 aliphatic heterocycles. The molecule has 1 saturated heterocycles. The van der Waals surface area contributed by atoms with E-state index in [9.17, 15) is 9.90 Å². The molecule has 1 heterocycles. The second-order valence-corrected chi connectivity index (χ2v) is 5.87. The highest BCUT2D eigenvalue weighted by molar-refractivity contribution is 5.78. The fourth-order valence-corrected chi connectivity index (χ4v) is 2.61. The zero-order valence-electron chi connectivity index (χ0n) is 13.2. The van der Waals surface area contributed by atoms with Crippen molar-refractivity contribution in [3.05, 3.63) is 0 Å². The average molecular weight is 286 g/mol. The third kappa shape index (κ3) is 5.38. The smallest absolute Gasteiger partial charge is 0.323 e. The Morgan fingerprint density at radius 2 is 2.25 bits per heavy atom. The lowest BCUT2D eigenvalue weighted by Gasteiger charge is -2.26. The van der Waals surface area contributed by atoms with Gasteiger partial charge in [-0.15, -0.1) is 0 Å². The van der Waals surface area contributed by atoms with Crippen molar-refractivity contribution in [2.24, 2.45) is 0 Å². The number of carbonyl (C=O) groups is 1. The molecule has 0 spiro atoms. The third-order valence-corrected chi connectivity index (χ3v) is 4.36. The number of hydrogen-bond donors (Lipinski definition) is 2. The molecule has 1 aliphatic rings. The maximum Gasteiger partial charge on any atom is 0.323 e. The Labute approximate surface area is 122 Å². The van der Waals surface area contributed by atoms with Crippen LogP contribution in [0.5, 0.6) is 0 Å². The second kappa shape index (κ2) is 8.60. The second-order valence-electron chi connectivity index (χ2n) is 5.87. The number of carboxylic acid groups (broad SMARTS) is 1. The maximum atomic E-state index is 11.2. The van der Waals surface area contributed by atoms with Crippen molar-refractivity contribution in [1.29, 1.82) is 0 Å². The average Bonchev–Trinajstić information content (AvgIpc) is 2.94. The van der Waals surface area contributed by atoms with Gasteiger partial charge >= 0.3 is 5.97 Å². The molecule has 2 N–H and O–H groups in total. The SMILES string of the molecule is CCN(CCCCC(C)(NC)C(=O)O)CC1CCCO1. The van der Waals surface area contributed by atoms with E-state index < -0.39 is 11.5 Å². The highest BCUT2D eigenvalue weighted by Gasteiger charge is 2.30. The van der Waals surface area contributed by atoms with E-state index in [0.717, 1.165) is 39.1 Å². The van der Waals surface area contributed by atoms with Crippen molar-refractivity contribution in [3.63, 3.8) is 0 Å². The summed E-state index contributed by atoms with van der Waals surface area (Å²) in [6.45, 7) is 7.89. The van der Waals surface area contributed by atoms with Gasteiger partial charge in [-0.2, -0.15) is 0 Å². The van der Waals surface area contributed by atoms with E-state index in [0.29, 0.717) is 12.5 Å². The summed E-state index contributed by atoms with van der Waals surface area (Å²) in [5, 5.41) is 12.1. The third-order valence-electron chi connectivity index (χ3n) is 4.36. The predicted octanol–water partition coefficient (Wildman–Crippen LogP) is 1.72. The minimum atomic E-state index is -0.800. The van der Waals surface area contributed by atoms with Crippen molar-refractivity contribution < 1.29 is 14.6 Å². The van der Waals surface area contributed by atoms with Gasteiger partial charge in [-0.25, -0.2) is 0 Å². The summed E-state index contributed by atoms with van der Waals surface area (Å²) in [5.74, 6) is -0.772. The molecule has 1 fully saturated rings. The van der Waals surface area contributed by atoms with E-state index in [1.807, 2.05) is 0 Å². The Morgan fingerprint density at radius 3 is 2.75 bits per heavy atom. The molecule has 118 valence electrons. The lowest BCUT2D eigenvalue weighted by atomic mass is 9.95. The molecule has 0 radical (unpaired) electrons. The van der Waals surface area contributed by atoms with E-state index >= 15 is 0 Å². The van der Waals surface area contributed by atoms with E-state index in [2.05, 4.69) is 17.1 Å². The number of unbranched alkanes of at least 4 members (excludes halogenated alkanes) is 1. The van der Waals surface area contributed by atoms with Crippen LogP contribution in [0.15, 0.2) is 0 Å². The van der Waals surface area contributed by atoms with E-state index in [-0.39, 0.29) is 0 Å². The number of likely N-dealkylation sites (N-methyl/N-ethyl adjacent to an activating group) is 2. The van der Waals surface area contributed by atoms with Crippen LogP contribution in [0.25, 0.3) is 0 Å². The molecule has 0 aromatic rings. The standard InChI is InChI=1S/C15H30N2O3/c1-4-17(12-13-8-7-11-20-13)10-6-5-9-15(2,16-3)14(18)19/h13,16H,4-12H2,1-3H3,(H,18,19). The highest BCUT2D eigenvalue weighted by Crippen LogP contribution is 2.16. The molecule has 5 heteroatoms. The Balaban J connectivity index is 2.22. The Hall–Kier alpha value is -0.650. The summed E-state index contributed by atoms with van der Waals surface area (Å²) in [6.07, 6.45) is 5.37. The Morgan fingerprint density at radius 1 is 1.50 bits per heavy atom. The molecule has 20 heavy (non-hydrogen) atoms. The Kier molecular flexibility index (Phi) is 7.48. The largest absolute Gasteiger partial charge is 0.480 e. The van der Waals surface area contributed by atoms with Crippen molar-refractivity contribution in [3.8, 4) is 0 Å². The number of nitrogens with zero attached hydrogens (tertiary/aromatic N) is 1. The fourth-order valence-electron chi connectivity index (χ4n) is 2.61. The van der Waals surface area contributed by atoms with Gasteiger partial charge in [-0.3, -0.25) is 4.79 Å². The van der Waals surface area contributed by atoms with Crippen LogP contribution in [-0.4, -0.2) is 60.9 Å². The fraction of sp³-hybridized carbons (Fsp3) is 0.933. The Bertz CT molecular complexity index is 293. The molecule has 5 nitrogen and oxygen atoms in total. The van der Waals surface area contributed by atoms with Crippen molar-refractivity contribution in [1.82, 2.24) is 10.2 Å². The number of ether oxygens (including phenoxy) is 1. The summed E-state index contributed by atoms with van der Waals surface area (Å²) in [7, 11) is 1.71. The maximum absolute atomic E-state index is 11.2. The van der Waals surface area contributed by atoms with Crippen molar-refractivity contribution in [2.45, 2.75) is 57.6 Å². The number of hydrogen-bond acceptors (Lipinski definition) is 4. The molecule has 1 rings (SSSR count). The van der Waals surface area contributed by atoms with Gasteiger partial charge in [0.1, 0.15) is 5.54 Å². The van der Waals surface area contributed by atoms with Crippen LogP contribution in [0.4, 0.5) is 0 Å². The van der Waals surface area contributed by atoms with Crippen molar-refractivity contribution >= 4 is 5.97 Å². The van der Waals surface area contributed by atoms with Crippen LogP contribution in [0.2, 0.25) is 0 Å². The van der Waals surface area contributed by atoms with E-state index in [1.54, 1.807) is 14.0 Å². The van der Waals surface area contributed by atoms with Gasteiger partial charge in [-0.1, -0.05) is 6.92 Å².